The van der Waals surface area contributed by atoms with Crippen LogP contribution in [0.2, 0.25) is 0 Å². The Morgan fingerprint density at radius 3 is 2.33 bits per heavy atom. The smallest absolute Gasteiger partial charge is 0.396 e. The number of nitrogens with zero attached hydrogens (tertiary/aromatic N) is 1. The molecule has 0 aliphatic heterocycles. The van der Waals surface area contributed by atoms with Crippen molar-refractivity contribution in [3.8, 4) is 10.6 Å². The van der Waals surface area contributed by atoms with Crippen LogP contribution in [0.25, 0.3) is 10.6 Å². The Balaban J connectivity index is 2.31. The maximum Gasteiger partial charge on any atom is 0.416 e. The first-order valence-corrected chi connectivity index (χ1v) is 7.54. The van der Waals surface area contributed by atoms with Crippen LogP contribution in [0, 0.1) is 0 Å². The van der Waals surface area contributed by atoms with Crippen LogP contribution in [0.3, 0.4) is 0 Å². The van der Waals surface area contributed by atoms with Gasteiger partial charge in [-0.1, -0.05) is 25.5 Å². The minimum atomic E-state index is -4.32. The lowest BCUT2D eigenvalue weighted by Crippen LogP contribution is -2.03. The molecule has 0 fully saturated rings. The minimum Gasteiger partial charge on any atom is -0.396 e. The van der Waals surface area contributed by atoms with Gasteiger partial charge in [-0.25, -0.2) is 4.98 Å². The van der Waals surface area contributed by atoms with E-state index < -0.39 is 11.7 Å². The molecule has 2 rings (SSSR count). The second-order valence-corrected chi connectivity index (χ2v) is 5.77. The molecule has 2 aromatic rings. The van der Waals surface area contributed by atoms with Crippen molar-refractivity contribution >= 4 is 11.3 Å². The fourth-order valence-corrected chi connectivity index (χ4v) is 3.25. The first-order chi connectivity index (χ1) is 9.95. The number of benzene rings is 1. The number of thiazole rings is 1. The van der Waals surface area contributed by atoms with Gasteiger partial charge in [0.2, 0.25) is 0 Å². The van der Waals surface area contributed by atoms with Crippen LogP contribution in [-0.4, -0.2) is 16.7 Å². The summed E-state index contributed by atoms with van der Waals surface area (Å²) in [5.41, 5.74) is 0.862. The Labute approximate surface area is 125 Å². The minimum absolute atomic E-state index is 0.0207. The molecule has 0 aliphatic rings. The van der Waals surface area contributed by atoms with Crippen LogP contribution in [0.4, 0.5) is 13.2 Å². The molecule has 0 saturated heterocycles. The molecule has 1 aromatic heterocycles. The number of halogens is 3. The van der Waals surface area contributed by atoms with E-state index in [4.69, 9.17) is 5.11 Å². The highest BCUT2D eigenvalue weighted by molar-refractivity contribution is 7.15. The Hall–Kier alpha value is -1.40. The molecule has 2 nitrogen and oxygen atoms in total. The molecule has 1 aromatic carbocycles. The van der Waals surface area contributed by atoms with Crippen molar-refractivity contribution in [2.75, 3.05) is 6.61 Å². The predicted octanol–water partition coefficient (Wildman–Crippen LogP) is 4.32. The van der Waals surface area contributed by atoms with Crippen molar-refractivity contribution < 1.29 is 18.3 Å². The molecule has 0 saturated carbocycles. The molecule has 0 amide bonds. The zero-order valence-corrected chi connectivity index (χ0v) is 12.4. The van der Waals surface area contributed by atoms with Crippen molar-refractivity contribution in [2.45, 2.75) is 32.4 Å². The molecule has 0 bridgehead atoms. The average Bonchev–Trinajstić information content (AvgIpc) is 2.82. The second kappa shape index (κ2) is 6.58. The van der Waals surface area contributed by atoms with Crippen molar-refractivity contribution in [1.29, 1.82) is 0 Å². The van der Waals surface area contributed by atoms with Gasteiger partial charge < -0.3 is 5.11 Å². The molecule has 0 radical (unpaired) electrons. The third kappa shape index (κ3) is 3.83. The van der Waals surface area contributed by atoms with Gasteiger partial charge in [0.05, 0.1) is 11.3 Å². The lowest BCUT2D eigenvalue weighted by atomic mass is 10.1. The van der Waals surface area contributed by atoms with Crippen LogP contribution < -0.4 is 0 Å². The molecule has 21 heavy (non-hydrogen) atoms. The Bertz CT molecular complexity index is 566. The lowest BCUT2D eigenvalue weighted by molar-refractivity contribution is -0.137. The maximum atomic E-state index is 12.6. The fourth-order valence-electron chi connectivity index (χ4n) is 2.03. The summed E-state index contributed by atoms with van der Waals surface area (Å²) < 4.78 is 37.7. The van der Waals surface area contributed by atoms with E-state index in [0.29, 0.717) is 17.0 Å². The third-order valence-corrected chi connectivity index (χ3v) is 4.27. The van der Waals surface area contributed by atoms with Gasteiger partial charge in [-0.05, 0) is 18.6 Å². The maximum absolute atomic E-state index is 12.6. The summed E-state index contributed by atoms with van der Waals surface area (Å²) in [5, 5.41) is 9.76. The molecular weight excluding hydrogens is 299 g/mol. The van der Waals surface area contributed by atoms with E-state index in [0.717, 1.165) is 35.5 Å². The summed E-state index contributed by atoms with van der Waals surface area (Å²) in [6.07, 6.45) is -2.01. The summed E-state index contributed by atoms with van der Waals surface area (Å²) in [6, 6.07) is 5.03. The number of aryl methyl sites for hydroxylation is 1. The van der Waals surface area contributed by atoms with Gasteiger partial charge >= 0.3 is 6.18 Å². The van der Waals surface area contributed by atoms with Crippen molar-refractivity contribution in [3.05, 3.63) is 40.4 Å². The van der Waals surface area contributed by atoms with Crippen molar-refractivity contribution in [1.82, 2.24) is 4.98 Å². The normalized spacial score (nSPS) is 11.9. The Morgan fingerprint density at radius 1 is 1.14 bits per heavy atom. The zero-order chi connectivity index (χ0) is 15.5. The van der Waals surface area contributed by atoms with Crippen LogP contribution in [-0.2, 0) is 19.0 Å². The van der Waals surface area contributed by atoms with Gasteiger partial charge in [0.15, 0.2) is 0 Å². The first-order valence-electron chi connectivity index (χ1n) is 6.72. The van der Waals surface area contributed by atoms with E-state index in [2.05, 4.69) is 11.9 Å². The van der Waals surface area contributed by atoms with Gasteiger partial charge in [-0.15, -0.1) is 11.3 Å². The molecule has 0 spiro atoms. The highest BCUT2D eigenvalue weighted by Gasteiger charge is 2.30. The van der Waals surface area contributed by atoms with Crippen LogP contribution in [0.15, 0.2) is 24.3 Å². The van der Waals surface area contributed by atoms with E-state index in [1.54, 1.807) is 0 Å². The Morgan fingerprint density at radius 2 is 1.81 bits per heavy atom. The predicted molar refractivity (Wildman–Crippen MR) is 77.3 cm³/mol. The van der Waals surface area contributed by atoms with Gasteiger partial charge in [0.25, 0.3) is 0 Å². The number of hydrogen-bond acceptors (Lipinski definition) is 3. The zero-order valence-electron chi connectivity index (χ0n) is 11.6. The van der Waals surface area contributed by atoms with Gasteiger partial charge in [-0.3, -0.25) is 0 Å². The quantitative estimate of drug-likeness (QED) is 0.891. The van der Waals surface area contributed by atoms with Gasteiger partial charge in [0.1, 0.15) is 5.01 Å². The third-order valence-electron chi connectivity index (χ3n) is 3.06. The molecule has 0 atom stereocenters. The largest absolute Gasteiger partial charge is 0.416 e. The summed E-state index contributed by atoms with van der Waals surface area (Å²) in [7, 11) is 0. The summed E-state index contributed by atoms with van der Waals surface area (Å²) in [5.74, 6) is 0. The number of alkyl halides is 3. The SMILES string of the molecule is CCCc1sc(-c2ccc(C(F)(F)F)cc2)nc1CCO. The topological polar surface area (TPSA) is 33.1 Å². The van der Waals surface area contributed by atoms with Crippen molar-refractivity contribution in [3.63, 3.8) is 0 Å². The first kappa shape index (κ1) is 16.0. The van der Waals surface area contributed by atoms with Crippen LogP contribution in [0.1, 0.15) is 29.5 Å². The summed E-state index contributed by atoms with van der Waals surface area (Å²) in [4.78, 5) is 5.56. The van der Waals surface area contributed by atoms with Crippen LogP contribution >= 0.6 is 11.3 Å². The molecule has 1 N–H and O–H groups in total. The molecule has 114 valence electrons. The van der Waals surface area contributed by atoms with E-state index in [1.807, 2.05) is 0 Å². The summed E-state index contributed by atoms with van der Waals surface area (Å²) in [6.45, 7) is 2.08. The number of aliphatic hydroxyl groups excluding tert-OH is 1. The standard InChI is InChI=1S/C15H16F3NOS/c1-2-3-13-12(8-9-20)19-14(21-13)10-4-6-11(7-5-10)15(16,17)18/h4-7,20H,2-3,8-9H2,1H3. The Kier molecular flexibility index (Phi) is 5.00. The molecule has 0 unspecified atom stereocenters. The molecule has 1 heterocycles. The highest BCUT2D eigenvalue weighted by Crippen LogP contribution is 2.33. The fraction of sp³-hybridized carbons (Fsp3) is 0.400. The number of aliphatic hydroxyl groups is 1. The van der Waals surface area contributed by atoms with Gasteiger partial charge in [0, 0.05) is 23.5 Å². The van der Waals surface area contributed by atoms with Crippen molar-refractivity contribution in [2.24, 2.45) is 0 Å². The van der Waals surface area contributed by atoms with E-state index in [1.165, 1.54) is 23.5 Å². The molecule has 6 heteroatoms. The molecular formula is C15H16F3NOS. The number of aromatic nitrogens is 1. The van der Waals surface area contributed by atoms with Gasteiger partial charge in [-0.2, -0.15) is 13.2 Å². The molecule has 0 aliphatic carbocycles. The monoisotopic (exact) mass is 315 g/mol. The second-order valence-electron chi connectivity index (χ2n) is 4.69. The number of hydrogen-bond donors (Lipinski definition) is 1. The highest BCUT2D eigenvalue weighted by atomic mass is 32.1. The van der Waals surface area contributed by atoms with E-state index in [-0.39, 0.29) is 6.61 Å². The van der Waals surface area contributed by atoms with Crippen LogP contribution in [0.5, 0.6) is 0 Å². The van der Waals surface area contributed by atoms with E-state index >= 15 is 0 Å². The number of rotatable bonds is 5. The lowest BCUT2D eigenvalue weighted by Gasteiger charge is -2.06. The van der Waals surface area contributed by atoms with E-state index in [9.17, 15) is 13.2 Å². The summed E-state index contributed by atoms with van der Waals surface area (Å²) >= 11 is 1.49. The average molecular weight is 315 g/mol.